The van der Waals surface area contributed by atoms with Crippen molar-refractivity contribution < 1.29 is 24.2 Å². The summed E-state index contributed by atoms with van der Waals surface area (Å²) in [5.74, 6) is -1.00. The van der Waals surface area contributed by atoms with E-state index in [0.717, 1.165) is 25.7 Å². The summed E-state index contributed by atoms with van der Waals surface area (Å²) >= 11 is 0. The molecule has 1 amide bonds. The summed E-state index contributed by atoms with van der Waals surface area (Å²) < 4.78 is 5.51. The number of esters is 1. The Morgan fingerprint density at radius 2 is 1.63 bits per heavy atom. The van der Waals surface area contributed by atoms with Crippen molar-refractivity contribution in [3.8, 4) is 0 Å². The number of hydrogen-bond donors (Lipinski definition) is 2. The quantitative estimate of drug-likeness (QED) is 0.725. The molecule has 1 aliphatic rings. The maximum atomic E-state index is 12.0. The summed E-state index contributed by atoms with van der Waals surface area (Å²) in [6, 6.07) is 5.88. The normalized spacial score (nSPS) is 20.0. The average Bonchev–Trinajstić information content (AvgIpc) is 2.60. The fourth-order valence-electron chi connectivity index (χ4n) is 3.43. The van der Waals surface area contributed by atoms with Crippen molar-refractivity contribution in [3.63, 3.8) is 0 Å². The van der Waals surface area contributed by atoms with Crippen LogP contribution in [-0.4, -0.2) is 29.1 Å². The molecule has 0 bridgehead atoms. The van der Waals surface area contributed by atoms with Gasteiger partial charge in [0, 0.05) is 12.1 Å². The summed E-state index contributed by atoms with van der Waals surface area (Å²) in [5, 5.41) is 11.5. The number of hydrogen-bond acceptors (Lipinski definition) is 4. The van der Waals surface area contributed by atoms with Crippen LogP contribution in [0, 0.1) is 11.3 Å². The third-order valence-corrected chi connectivity index (χ3v) is 5.17. The molecule has 0 aromatic heterocycles. The highest BCUT2D eigenvalue weighted by atomic mass is 16.5. The molecule has 0 aliphatic heterocycles. The van der Waals surface area contributed by atoms with E-state index >= 15 is 0 Å². The van der Waals surface area contributed by atoms with Crippen LogP contribution < -0.4 is 5.32 Å². The lowest BCUT2D eigenvalue weighted by Gasteiger charge is -2.36. The fraction of sp³-hybridized carbons (Fsp3) is 0.571. The topological polar surface area (TPSA) is 92.7 Å². The van der Waals surface area contributed by atoms with Gasteiger partial charge in [-0.2, -0.15) is 0 Å². The minimum atomic E-state index is -1.02. The molecular weight excluding hydrogens is 346 g/mol. The molecular formula is C21H29NO5. The molecule has 0 unspecified atom stereocenters. The molecule has 2 N–H and O–H groups in total. The second-order valence-corrected chi connectivity index (χ2v) is 8.26. The third-order valence-electron chi connectivity index (χ3n) is 5.17. The Kier molecular flexibility index (Phi) is 6.99. The van der Waals surface area contributed by atoms with Crippen LogP contribution in [0.15, 0.2) is 24.3 Å². The smallest absolute Gasteiger partial charge is 0.335 e. The van der Waals surface area contributed by atoms with E-state index in [-0.39, 0.29) is 41.8 Å². The maximum absolute atomic E-state index is 12.0. The number of carboxylic acid groups (broad SMARTS) is 1. The molecule has 2 rings (SSSR count). The number of carboxylic acids is 1. The summed E-state index contributed by atoms with van der Waals surface area (Å²) in [5.41, 5.74) is 0.937. The Balaban J connectivity index is 1.69. The Hall–Kier alpha value is -2.37. The van der Waals surface area contributed by atoms with Gasteiger partial charge in [-0.15, -0.1) is 0 Å². The lowest BCUT2D eigenvalue weighted by atomic mass is 9.72. The van der Waals surface area contributed by atoms with E-state index in [9.17, 15) is 14.4 Å². The number of anilines is 1. The molecule has 1 fully saturated rings. The van der Waals surface area contributed by atoms with E-state index < -0.39 is 5.97 Å². The van der Waals surface area contributed by atoms with E-state index in [1.165, 1.54) is 24.3 Å². The number of rotatable bonds is 6. The number of amides is 1. The Bertz CT molecular complexity index is 667. The van der Waals surface area contributed by atoms with Crippen molar-refractivity contribution >= 4 is 23.5 Å². The lowest BCUT2D eigenvalue weighted by Crippen LogP contribution is -2.30. The van der Waals surface area contributed by atoms with Gasteiger partial charge < -0.3 is 15.2 Å². The zero-order valence-electron chi connectivity index (χ0n) is 16.3. The van der Waals surface area contributed by atoms with Crippen LogP contribution in [0.5, 0.6) is 0 Å². The predicted molar refractivity (Wildman–Crippen MR) is 103 cm³/mol. The average molecular weight is 375 g/mol. The third kappa shape index (κ3) is 6.70. The fourth-order valence-corrected chi connectivity index (χ4v) is 3.43. The minimum absolute atomic E-state index is 0.0385. The monoisotopic (exact) mass is 375 g/mol. The van der Waals surface area contributed by atoms with E-state index in [4.69, 9.17) is 9.84 Å². The molecule has 0 saturated heterocycles. The highest BCUT2D eigenvalue weighted by Crippen LogP contribution is 2.38. The summed E-state index contributed by atoms with van der Waals surface area (Å²) in [7, 11) is 0. The van der Waals surface area contributed by atoms with Crippen LogP contribution in [0.3, 0.4) is 0 Å². The Morgan fingerprint density at radius 3 is 2.15 bits per heavy atom. The van der Waals surface area contributed by atoms with Crippen molar-refractivity contribution in [1.82, 2.24) is 0 Å². The summed E-state index contributed by atoms with van der Waals surface area (Å²) in [6.07, 6.45) is 3.94. The van der Waals surface area contributed by atoms with Gasteiger partial charge in [-0.1, -0.05) is 20.8 Å². The van der Waals surface area contributed by atoms with Crippen molar-refractivity contribution in [1.29, 1.82) is 0 Å². The van der Waals surface area contributed by atoms with Gasteiger partial charge in [0.05, 0.1) is 12.0 Å². The Labute approximate surface area is 160 Å². The highest BCUT2D eigenvalue weighted by molar-refractivity contribution is 5.93. The van der Waals surface area contributed by atoms with Crippen LogP contribution in [0.4, 0.5) is 5.69 Å². The molecule has 1 aromatic carbocycles. The SMILES string of the molecule is CC(C)(C)C1CCC(OC(=O)CCC(=O)Nc2ccc(C(=O)O)cc2)CC1. The number of carbonyl (C=O) groups excluding carboxylic acids is 2. The van der Waals surface area contributed by atoms with Gasteiger partial charge in [-0.05, 0) is 61.3 Å². The second-order valence-electron chi connectivity index (χ2n) is 8.26. The molecule has 0 radical (unpaired) electrons. The molecule has 27 heavy (non-hydrogen) atoms. The van der Waals surface area contributed by atoms with E-state index in [1.54, 1.807) is 0 Å². The largest absolute Gasteiger partial charge is 0.478 e. The highest BCUT2D eigenvalue weighted by Gasteiger charge is 2.31. The van der Waals surface area contributed by atoms with Crippen LogP contribution >= 0.6 is 0 Å². The van der Waals surface area contributed by atoms with Crippen molar-refractivity contribution in [2.45, 2.75) is 65.4 Å². The first kappa shape index (κ1) is 20.9. The number of carbonyl (C=O) groups is 3. The van der Waals surface area contributed by atoms with Gasteiger partial charge in [-0.25, -0.2) is 4.79 Å². The summed E-state index contributed by atoms with van der Waals surface area (Å²) in [6.45, 7) is 6.74. The molecule has 0 heterocycles. The zero-order chi connectivity index (χ0) is 20.0. The van der Waals surface area contributed by atoms with Gasteiger partial charge in [0.25, 0.3) is 0 Å². The molecule has 1 saturated carbocycles. The Morgan fingerprint density at radius 1 is 1.04 bits per heavy atom. The molecule has 0 atom stereocenters. The van der Waals surface area contributed by atoms with E-state index in [0.29, 0.717) is 11.6 Å². The van der Waals surface area contributed by atoms with Crippen molar-refractivity contribution in [2.24, 2.45) is 11.3 Å². The first-order chi connectivity index (χ1) is 12.6. The molecule has 0 spiro atoms. The lowest BCUT2D eigenvalue weighted by molar-refractivity contribution is -0.152. The van der Waals surface area contributed by atoms with Crippen LogP contribution in [0.25, 0.3) is 0 Å². The molecule has 148 valence electrons. The van der Waals surface area contributed by atoms with E-state index in [2.05, 4.69) is 26.1 Å². The number of benzene rings is 1. The van der Waals surface area contributed by atoms with Crippen LogP contribution in [-0.2, 0) is 14.3 Å². The predicted octanol–water partition coefficient (Wildman–Crippen LogP) is 4.25. The molecule has 1 aliphatic carbocycles. The zero-order valence-corrected chi connectivity index (χ0v) is 16.3. The first-order valence-corrected chi connectivity index (χ1v) is 9.48. The number of ether oxygens (including phenoxy) is 1. The van der Waals surface area contributed by atoms with Gasteiger partial charge in [0.15, 0.2) is 0 Å². The van der Waals surface area contributed by atoms with Crippen LogP contribution in [0.1, 0.15) is 69.7 Å². The van der Waals surface area contributed by atoms with Gasteiger partial charge >= 0.3 is 11.9 Å². The number of aromatic carboxylic acids is 1. The first-order valence-electron chi connectivity index (χ1n) is 9.48. The number of nitrogens with one attached hydrogen (secondary N) is 1. The van der Waals surface area contributed by atoms with Gasteiger partial charge in [0.1, 0.15) is 6.10 Å². The standard InChI is InChI=1S/C21H29NO5/c1-21(2,3)15-6-10-17(11-7-15)27-19(24)13-12-18(23)22-16-8-4-14(5-9-16)20(25)26/h4-5,8-9,15,17H,6-7,10-13H2,1-3H3,(H,22,23)(H,25,26). The molecule has 1 aromatic rings. The minimum Gasteiger partial charge on any atom is -0.478 e. The second kappa shape index (κ2) is 9.02. The van der Waals surface area contributed by atoms with Crippen LogP contribution in [0.2, 0.25) is 0 Å². The van der Waals surface area contributed by atoms with Crippen molar-refractivity contribution in [3.05, 3.63) is 29.8 Å². The summed E-state index contributed by atoms with van der Waals surface area (Å²) in [4.78, 5) is 34.7. The maximum Gasteiger partial charge on any atom is 0.335 e. The van der Waals surface area contributed by atoms with Gasteiger partial charge in [0.2, 0.25) is 5.91 Å². The molecule has 6 nitrogen and oxygen atoms in total. The van der Waals surface area contributed by atoms with Crippen molar-refractivity contribution in [2.75, 3.05) is 5.32 Å². The van der Waals surface area contributed by atoms with Gasteiger partial charge in [-0.3, -0.25) is 9.59 Å². The molecule has 6 heteroatoms. The van der Waals surface area contributed by atoms with E-state index in [1.807, 2.05) is 0 Å².